The summed E-state index contributed by atoms with van der Waals surface area (Å²) in [4.78, 5) is 1.62. The summed E-state index contributed by atoms with van der Waals surface area (Å²) in [5.74, 6) is 0.247. The third-order valence-electron chi connectivity index (χ3n) is 2.78. The first-order chi connectivity index (χ1) is 8.19. The second kappa shape index (κ2) is 5.61. The van der Waals surface area contributed by atoms with Crippen molar-refractivity contribution in [3.63, 3.8) is 0 Å². The van der Waals surface area contributed by atoms with E-state index in [9.17, 15) is 18.3 Å². The van der Waals surface area contributed by atoms with E-state index in [-0.39, 0.29) is 12.3 Å². The van der Waals surface area contributed by atoms with Crippen LogP contribution in [0.15, 0.2) is 12.1 Å². The highest BCUT2D eigenvalue weighted by Crippen LogP contribution is 2.24. The Balaban J connectivity index is 2.62. The molecule has 0 bridgehead atoms. The van der Waals surface area contributed by atoms with Gasteiger partial charge in [-0.3, -0.25) is 0 Å². The molecule has 0 atom stereocenters. The van der Waals surface area contributed by atoms with Crippen LogP contribution in [0.1, 0.15) is 23.1 Å². The highest BCUT2D eigenvalue weighted by Gasteiger charge is 2.27. The van der Waals surface area contributed by atoms with E-state index in [4.69, 9.17) is 0 Å². The fourth-order valence-corrected chi connectivity index (χ4v) is 1.85. The van der Waals surface area contributed by atoms with E-state index in [1.165, 1.54) is 0 Å². The maximum Gasteiger partial charge on any atom is 0.390 e. The van der Waals surface area contributed by atoms with Crippen LogP contribution in [0.5, 0.6) is 5.75 Å². The van der Waals surface area contributed by atoms with Crippen LogP contribution >= 0.6 is 0 Å². The molecule has 1 aromatic carbocycles. The number of hydrogen-bond acceptors (Lipinski definition) is 2. The zero-order valence-corrected chi connectivity index (χ0v) is 10.8. The molecule has 0 unspecified atom stereocenters. The van der Waals surface area contributed by atoms with Gasteiger partial charge >= 0.3 is 6.18 Å². The van der Waals surface area contributed by atoms with Crippen LogP contribution < -0.4 is 0 Å². The van der Waals surface area contributed by atoms with Gasteiger partial charge in [-0.1, -0.05) is 12.1 Å². The van der Waals surface area contributed by atoms with Crippen LogP contribution in [0.3, 0.4) is 0 Å². The van der Waals surface area contributed by atoms with Gasteiger partial charge in [-0.2, -0.15) is 13.2 Å². The number of phenolic OH excluding ortho intramolecular Hbond substituents is 1. The Morgan fingerprint density at radius 1 is 1.17 bits per heavy atom. The van der Waals surface area contributed by atoms with Gasteiger partial charge in [-0.15, -0.1) is 0 Å². The molecule has 18 heavy (non-hydrogen) atoms. The zero-order chi connectivity index (χ0) is 13.9. The Morgan fingerprint density at radius 3 is 2.11 bits per heavy atom. The average molecular weight is 261 g/mol. The molecular formula is C13H18F3NO. The summed E-state index contributed by atoms with van der Waals surface area (Å²) in [5, 5.41) is 9.61. The molecule has 0 aliphatic heterocycles. The first kappa shape index (κ1) is 14.8. The van der Waals surface area contributed by atoms with Gasteiger partial charge in [-0.05, 0) is 37.6 Å². The van der Waals surface area contributed by atoms with Crippen LogP contribution in [0, 0.1) is 13.8 Å². The average Bonchev–Trinajstić information content (AvgIpc) is 2.22. The van der Waals surface area contributed by atoms with E-state index in [1.54, 1.807) is 37.9 Å². The van der Waals surface area contributed by atoms with E-state index in [1.807, 2.05) is 0 Å². The minimum Gasteiger partial charge on any atom is -0.507 e. The van der Waals surface area contributed by atoms with Crippen molar-refractivity contribution in [3.8, 4) is 5.75 Å². The number of benzene rings is 1. The summed E-state index contributed by atoms with van der Waals surface area (Å²) in [7, 11) is 1.66. The summed E-state index contributed by atoms with van der Waals surface area (Å²) in [5.41, 5.74) is 2.40. The van der Waals surface area contributed by atoms with Crippen molar-refractivity contribution in [1.29, 1.82) is 0 Å². The molecule has 0 fully saturated rings. The molecule has 0 aromatic heterocycles. The number of aryl methyl sites for hydroxylation is 2. The van der Waals surface area contributed by atoms with Crippen LogP contribution in [-0.2, 0) is 6.54 Å². The fourth-order valence-electron chi connectivity index (χ4n) is 1.85. The smallest absolute Gasteiger partial charge is 0.390 e. The summed E-state index contributed by atoms with van der Waals surface area (Å²) < 4.78 is 36.2. The standard InChI is InChI=1S/C13H18F3NO/c1-9-6-11(7-10(2)12(9)18)8-17(3)5-4-13(14,15)16/h6-7,18H,4-5,8H2,1-3H3. The second-order valence-electron chi connectivity index (χ2n) is 4.68. The van der Waals surface area contributed by atoms with Crippen molar-refractivity contribution in [3.05, 3.63) is 28.8 Å². The fraction of sp³-hybridized carbons (Fsp3) is 0.538. The minimum absolute atomic E-state index is 0.0253. The Bertz CT molecular complexity index is 392. The van der Waals surface area contributed by atoms with Gasteiger partial charge < -0.3 is 10.0 Å². The molecular weight excluding hydrogens is 243 g/mol. The van der Waals surface area contributed by atoms with Crippen molar-refractivity contribution in [2.45, 2.75) is 33.0 Å². The lowest BCUT2D eigenvalue weighted by Gasteiger charge is -2.18. The van der Waals surface area contributed by atoms with E-state index in [2.05, 4.69) is 0 Å². The second-order valence-corrected chi connectivity index (χ2v) is 4.68. The lowest BCUT2D eigenvalue weighted by molar-refractivity contribution is -0.137. The number of hydrogen-bond donors (Lipinski definition) is 1. The molecule has 0 aliphatic rings. The summed E-state index contributed by atoms with van der Waals surface area (Å²) in [6.07, 6.45) is -4.92. The van der Waals surface area contributed by atoms with Crippen molar-refractivity contribution in [2.24, 2.45) is 0 Å². The summed E-state index contributed by atoms with van der Waals surface area (Å²) in [6, 6.07) is 3.60. The van der Waals surface area contributed by atoms with Crippen molar-refractivity contribution in [1.82, 2.24) is 4.90 Å². The molecule has 102 valence electrons. The third-order valence-corrected chi connectivity index (χ3v) is 2.78. The Hall–Kier alpha value is -1.23. The largest absolute Gasteiger partial charge is 0.507 e. The van der Waals surface area contributed by atoms with Gasteiger partial charge in [0, 0.05) is 13.1 Å². The van der Waals surface area contributed by atoms with Crippen molar-refractivity contribution < 1.29 is 18.3 Å². The van der Waals surface area contributed by atoms with Crippen LogP contribution in [0.4, 0.5) is 13.2 Å². The molecule has 2 nitrogen and oxygen atoms in total. The summed E-state index contributed by atoms with van der Waals surface area (Å²) in [6.45, 7) is 3.98. The Morgan fingerprint density at radius 2 is 1.67 bits per heavy atom. The monoisotopic (exact) mass is 261 g/mol. The SMILES string of the molecule is Cc1cc(CN(C)CCC(F)(F)F)cc(C)c1O. The van der Waals surface area contributed by atoms with Gasteiger partial charge in [0.15, 0.2) is 0 Å². The first-order valence-electron chi connectivity index (χ1n) is 5.73. The molecule has 1 aromatic rings. The van der Waals surface area contributed by atoms with Crippen LogP contribution in [0.2, 0.25) is 0 Å². The van der Waals surface area contributed by atoms with Gasteiger partial charge in [0.1, 0.15) is 5.75 Å². The lowest BCUT2D eigenvalue weighted by atomic mass is 10.1. The number of phenols is 1. The molecule has 1 N–H and O–H groups in total. The van der Waals surface area contributed by atoms with Gasteiger partial charge in [0.05, 0.1) is 6.42 Å². The Labute approximate surface area is 105 Å². The van der Waals surface area contributed by atoms with E-state index in [0.29, 0.717) is 6.54 Å². The number of alkyl halides is 3. The molecule has 0 saturated heterocycles. The predicted octanol–water partition coefficient (Wildman–Crippen LogP) is 3.39. The number of rotatable bonds is 4. The molecule has 0 saturated carbocycles. The van der Waals surface area contributed by atoms with E-state index < -0.39 is 12.6 Å². The molecule has 0 radical (unpaired) electrons. The number of halogens is 3. The van der Waals surface area contributed by atoms with E-state index in [0.717, 1.165) is 16.7 Å². The van der Waals surface area contributed by atoms with E-state index >= 15 is 0 Å². The molecule has 0 aliphatic carbocycles. The number of nitrogens with zero attached hydrogens (tertiary/aromatic N) is 1. The Kier molecular flexibility index (Phi) is 4.62. The van der Waals surface area contributed by atoms with Gasteiger partial charge in [0.2, 0.25) is 0 Å². The molecule has 0 amide bonds. The normalized spacial score (nSPS) is 12.2. The minimum atomic E-state index is -4.12. The highest BCUT2D eigenvalue weighted by molar-refractivity contribution is 5.42. The molecule has 5 heteroatoms. The first-order valence-corrected chi connectivity index (χ1v) is 5.73. The highest BCUT2D eigenvalue weighted by atomic mass is 19.4. The lowest BCUT2D eigenvalue weighted by Crippen LogP contribution is -2.24. The maximum absolute atomic E-state index is 12.1. The zero-order valence-electron chi connectivity index (χ0n) is 10.8. The summed E-state index contributed by atoms with van der Waals surface area (Å²) >= 11 is 0. The molecule has 0 spiro atoms. The topological polar surface area (TPSA) is 23.5 Å². The van der Waals surface area contributed by atoms with Gasteiger partial charge in [-0.25, -0.2) is 0 Å². The third kappa shape index (κ3) is 4.56. The molecule has 0 heterocycles. The predicted molar refractivity (Wildman–Crippen MR) is 64.6 cm³/mol. The van der Waals surface area contributed by atoms with Gasteiger partial charge in [0.25, 0.3) is 0 Å². The van der Waals surface area contributed by atoms with Crippen LogP contribution in [0.25, 0.3) is 0 Å². The maximum atomic E-state index is 12.1. The molecule has 1 rings (SSSR count). The van der Waals surface area contributed by atoms with Crippen LogP contribution in [-0.4, -0.2) is 29.8 Å². The number of aromatic hydroxyl groups is 1. The van der Waals surface area contributed by atoms with Crippen molar-refractivity contribution in [2.75, 3.05) is 13.6 Å². The quantitative estimate of drug-likeness (QED) is 0.898. The van der Waals surface area contributed by atoms with Crippen molar-refractivity contribution >= 4 is 0 Å².